The fourth-order valence-electron chi connectivity index (χ4n) is 1.14. The van der Waals surface area contributed by atoms with E-state index < -0.39 is 0 Å². The molecule has 1 rings (SSSR count). The van der Waals surface area contributed by atoms with E-state index in [9.17, 15) is 4.79 Å². The third kappa shape index (κ3) is 3.50. The van der Waals surface area contributed by atoms with Crippen molar-refractivity contribution in [1.82, 2.24) is 5.32 Å². The largest absolute Gasteiger partial charge is 0.490 e. The van der Waals surface area contributed by atoms with Crippen LogP contribution in [0, 0.1) is 0 Å². The lowest BCUT2D eigenvalue weighted by atomic mass is 10.2. The van der Waals surface area contributed by atoms with Crippen LogP contribution in [-0.4, -0.2) is 33.3 Å². The van der Waals surface area contributed by atoms with Crippen molar-refractivity contribution in [3.63, 3.8) is 0 Å². The number of rotatable bonds is 5. The molecule has 5 heteroatoms. The Kier molecular flexibility index (Phi) is 5.28. The Morgan fingerprint density at radius 3 is 2.75 bits per heavy atom. The summed E-state index contributed by atoms with van der Waals surface area (Å²) in [7, 11) is 3.21. The number of hydrogen-bond donors (Lipinski definition) is 1. The van der Waals surface area contributed by atoms with Gasteiger partial charge >= 0.3 is 0 Å². The molecular formula is C11H14BrNO3. The van der Waals surface area contributed by atoms with Crippen molar-refractivity contribution < 1.29 is 14.3 Å². The van der Waals surface area contributed by atoms with Gasteiger partial charge in [0, 0.05) is 19.7 Å². The Bertz CT molecular complexity index is 368. The highest BCUT2D eigenvalue weighted by Gasteiger charge is 2.07. The molecular weight excluding hydrogens is 274 g/mol. The highest BCUT2D eigenvalue weighted by Crippen LogP contribution is 2.25. The molecule has 4 nitrogen and oxygen atoms in total. The van der Waals surface area contributed by atoms with Crippen LogP contribution in [0.1, 0.15) is 10.4 Å². The van der Waals surface area contributed by atoms with Gasteiger partial charge in [-0.1, -0.05) is 0 Å². The van der Waals surface area contributed by atoms with Crippen LogP contribution in [0.5, 0.6) is 5.75 Å². The van der Waals surface area contributed by atoms with E-state index in [1.807, 2.05) is 0 Å². The molecule has 0 aliphatic rings. The monoisotopic (exact) mass is 287 g/mol. The van der Waals surface area contributed by atoms with Gasteiger partial charge in [-0.3, -0.25) is 4.79 Å². The molecule has 1 aromatic rings. The molecule has 0 fully saturated rings. The lowest BCUT2D eigenvalue weighted by Crippen LogP contribution is -2.17. The molecule has 16 heavy (non-hydrogen) atoms. The maximum Gasteiger partial charge on any atom is 0.251 e. The maximum absolute atomic E-state index is 11.3. The Balaban J connectivity index is 2.71. The molecule has 0 aromatic heterocycles. The summed E-state index contributed by atoms with van der Waals surface area (Å²) < 4.78 is 11.1. The van der Waals surface area contributed by atoms with Gasteiger partial charge < -0.3 is 14.8 Å². The molecule has 0 spiro atoms. The summed E-state index contributed by atoms with van der Waals surface area (Å²) in [4.78, 5) is 11.3. The fraction of sp³-hybridized carbons (Fsp3) is 0.364. The predicted octanol–water partition coefficient (Wildman–Crippen LogP) is 1.83. The Hall–Kier alpha value is -1.07. The molecule has 0 atom stereocenters. The van der Waals surface area contributed by atoms with Gasteiger partial charge in [-0.05, 0) is 34.1 Å². The third-order valence-electron chi connectivity index (χ3n) is 1.97. The van der Waals surface area contributed by atoms with E-state index in [-0.39, 0.29) is 5.91 Å². The highest BCUT2D eigenvalue weighted by molar-refractivity contribution is 9.10. The van der Waals surface area contributed by atoms with Crippen molar-refractivity contribution in [1.29, 1.82) is 0 Å². The number of carbonyl (C=O) groups excluding carboxylic acids is 1. The van der Waals surface area contributed by atoms with Gasteiger partial charge in [-0.15, -0.1) is 0 Å². The number of nitrogens with one attached hydrogen (secondary N) is 1. The van der Waals surface area contributed by atoms with Crippen LogP contribution in [0.4, 0.5) is 0 Å². The van der Waals surface area contributed by atoms with E-state index in [1.54, 1.807) is 32.4 Å². The van der Waals surface area contributed by atoms with Crippen LogP contribution >= 0.6 is 15.9 Å². The summed E-state index contributed by atoms with van der Waals surface area (Å²) in [6.07, 6.45) is 0. The van der Waals surface area contributed by atoms with Crippen molar-refractivity contribution in [2.24, 2.45) is 0 Å². The van der Waals surface area contributed by atoms with Gasteiger partial charge in [0.15, 0.2) is 0 Å². The molecule has 1 N–H and O–H groups in total. The normalized spacial score (nSPS) is 9.94. The second-order valence-electron chi connectivity index (χ2n) is 3.07. The van der Waals surface area contributed by atoms with Crippen molar-refractivity contribution in [3.8, 4) is 5.75 Å². The first-order valence-corrected chi connectivity index (χ1v) is 5.61. The molecule has 0 heterocycles. The number of carbonyl (C=O) groups is 1. The molecule has 0 radical (unpaired) electrons. The van der Waals surface area contributed by atoms with Crippen molar-refractivity contribution in [3.05, 3.63) is 28.2 Å². The number of halogens is 1. The SMILES string of the molecule is CNC(=O)c1ccc(OCCOC)c(Br)c1. The van der Waals surface area contributed by atoms with E-state index in [0.29, 0.717) is 24.5 Å². The number of amides is 1. The van der Waals surface area contributed by atoms with Crippen LogP contribution < -0.4 is 10.1 Å². The molecule has 0 aliphatic heterocycles. The van der Waals surface area contributed by atoms with Crippen LogP contribution in [0.3, 0.4) is 0 Å². The number of benzene rings is 1. The Morgan fingerprint density at radius 1 is 1.44 bits per heavy atom. The van der Waals surface area contributed by atoms with Crippen molar-refractivity contribution in [2.45, 2.75) is 0 Å². The van der Waals surface area contributed by atoms with E-state index in [2.05, 4.69) is 21.2 Å². The molecule has 0 saturated carbocycles. The maximum atomic E-state index is 11.3. The minimum Gasteiger partial charge on any atom is -0.490 e. The highest BCUT2D eigenvalue weighted by atomic mass is 79.9. The minimum atomic E-state index is -0.121. The number of methoxy groups -OCH3 is 1. The summed E-state index contributed by atoms with van der Waals surface area (Å²) in [6, 6.07) is 5.19. The van der Waals surface area contributed by atoms with Crippen LogP contribution in [0.15, 0.2) is 22.7 Å². The van der Waals surface area contributed by atoms with Crippen molar-refractivity contribution in [2.75, 3.05) is 27.4 Å². The zero-order chi connectivity index (χ0) is 12.0. The first-order valence-electron chi connectivity index (χ1n) is 4.82. The van der Waals surface area contributed by atoms with Gasteiger partial charge in [0.2, 0.25) is 0 Å². The van der Waals surface area contributed by atoms with Crippen LogP contribution in [0.2, 0.25) is 0 Å². The van der Waals surface area contributed by atoms with E-state index in [0.717, 1.165) is 4.47 Å². The minimum absolute atomic E-state index is 0.121. The lowest BCUT2D eigenvalue weighted by molar-refractivity contribution is 0.0963. The quantitative estimate of drug-likeness (QED) is 0.841. The topological polar surface area (TPSA) is 47.6 Å². The van der Waals surface area contributed by atoms with Gasteiger partial charge in [-0.2, -0.15) is 0 Å². The third-order valence-corrected chi connectivity index (χ3v) is 2.59. The number of ether oxygens (including phenoxy) is 2. The summed E-state index contributed by atoms with van der Waals surface area (Å²) in [5.41, 5.74) is 0.591. The molecule has 0 bridgehead atoms. The summed E-state index contributed by atoms with van der Waals surface area (Å²) in [6.45, 7) is 1.01. The first-order chi connectivity index (χ1) is 7.69. The molecule has 1 aromatic carbocycles. The molecule has 0 aliphatic carbocycles. The molecule has 1 amide bonds. The van der Waals surface area contributed by atoms with Gasteiger partial charge in [0.25, 0.3) is 5.91 Å². The van der Waals surface area contributed by atoms with Crippen LogP contribution in [-0.2, 0) is 4.74 Å². The Morgan fingerprint density at radius 2 is 2.19 bits per heavy atom. The second kappa shape index (κ2) is 6.50. The van der Waals surface area contributed by atoms with E-state index in [4.69, 9.17) is 9.47 Å². The van der Waals surface area contributed by atoms with Crippen molar-refractivity contribution >= 4 is 21.8 Å². The van der Waals surface area contributed by atoms with E-state index in [1.165, 1.54) is 0 Å². The summed E-state index contributed by atoms with van der Waals surface area (Å²) in [5.74, 6) is 0.578. The van der Waals surface area contributed by atoms with E-state index >= 15 is 0 Å². The van der Waals surface area contributed by atoms with Gasteiger partial charge in [-0.25, -0.2) is 0 Å². The predicted molar refractivity (Wildman–Crippen MR) is 64.9 cm³/mol. The molecule has 0 unspecified atom stereocenters. The lowest BCUT2D eigenvalue weighted by Gasteiger charge is -2.08. The zero-order valence-electron chi connectivity index (χ0n) is 9.25. The molecule has 0 saturated heterocycles. The summed E-state index contributed by atoms with van der Waals surface area (Å²) in [5, 5.41) is 2.56. The van der Waals surface area contributed by atoms with Crippen LogP contribution in [0.25, 0.3) is 0 Å². The Labute approximate surface area is 103 Å². The smallest absolute Gasteiger partial charge is 0.251 e. The second-order valence-corrected chi connectivity index (χ2v) is 3.92. The molecule has 88 valence electrons. The zero-order valence-corrected chi connectivity index (χ0v) is 10.8. The standard InChI is InChI=1S/C11H14BrNO3/c1-13-11(14)8-3-4-10(9(12)7-8)16-6-5-15-2/h3-4,7H,5-6H2,1-2H3,(H,13,14). The average molecular weight is 288 g/mol. The summed E-state index contributed by atoms with van der Waals surface area (Å²) >= 11 is 3.35. The first kappa shape index (κ1) is 13.0. The average Bonchev–Trinajstić information content (AvgIpc) is 2.30. The van der Waals surface area contributed by atoms with Gasteiger partial charge in [0.1, 0.15) is 12.4 Å². The number of hydrogen-bond acceptors (Lipinski definition) is 3. The van der Waals surface area contributed by atoms with Gasteiger partial charge in [0.05, 0.1) is 11.1 Å². The fourth-order valence-corrected chi connectivity index (χ4v) is 1.63.